The first-order chi connectivity index (χ1) is 30.6. The first-order valence-corrected chi connectivity index (χ1v) is 20.6. The van der Waals surface area contributed by atoms with Crippen molar-refractivity contribution in [1.82, 2.24) is 5.32 Å². The minimum absolute atomic E-state index is 0.00497. The number of esters is 3. The molecule has 1 amide bonds. The number of hydrogen-bond donors (Lipinski definition) is 1. The van der Waals surface area contributed by atoms with E-state index >= 15 is 0 Å². The largest absolute Gasteiger partial charge is 0.499 e. The lowest BCUT2D eigenvalue weighted by molar-refractivity contribution is -0.150. The molecule has 1 atom stereocenters. The molecule has 1 N–H and O–H groups in total. The molecule has 0 aromatic heterocycles. The van der Waals surface area contributed by atoms with Crippen LogP contribution in [0.3, 0.4) is 0 Å². The Morgan fingerprint density at radius 1 is 0.714 bits per heavy atom. The van der Waals surface area contributed by atoms with Crippen molar-refractivity contribution in [2.45, 2.75) is 26.1 Å². The van der Waals surface area contributed by atoms with Crippen molar-refractivity contribution in [1.29, 1.82) is 0 Å². The molecule has 1 aliphatic rings. The van der Waals surface area contributed by atoms with Crippen LogP contribution in [-0.2, 0) is 56.0 Å². The summed E-state index contributed by atoms with van der Waals surface area (Å²) in [5.41, 5.74) is 3.75. The molecular formula is C48H47Cl2NO12. The SMILES string of the molecule is COC1=C(Cl)C=C(/C(=C/CCNC(=O)COCCOCC(=O)OCC(=O)c2ccccc2)c2cc(Cl)c(OC)c(C(=O)OCc3ccccc3)c2)C[C@@H]1C(=O)OCc1ccccc1. The number of ketones is 1. The van der Waals surface area contributed by atoms with Gasteiger partial charge in [0.2, 0.25) is 5.91 Å². The van der Waals surface area contributed by atoms with Gasteiger partial charge in [-0.15, -0.1) is 0 Å². The summed E-state index contributed by atoms with van der Waals surface area (Å²) in [4.78, 5) is 63.9. The molecule has 0 unspecified atom stereocenters. The first kappa shape index (κ1) is 47.8. The molecule has 0 spiro atoms. The normalized spacial score (nSPS) is 13.7. The number of hydrogen-bond acceptors (Lipinski definition) is 12. The van der Waals surface area contributed by atoms with E-state index in [1.807, 2.05) is 66.7 Å². The Morgan fingerprint density at radius 3 is 1.97 bits per heavy atom. The van der Waals surface area contributed by atoms with Gasteiger partial charge in [-0.25, -0.2) is 9.59 Å². The zero-order chi connectivity index (χ0) is 45.0. The average Bonchev–Trinajstić information content (AvgIpc) is 3.30. The molecule has 4 aromatic carbocycles. The van der Waals surface area contributed by atoms with Crippen LogP contribution in [0.15, 0.2) is 132 Å². The molecule has 0 radical (unpaired) electrons. The van der Waals surface area contributed by atoms with E-state index in [4.69, 9.17) is 56.4 Å². The monoisotopic (exact) mass is 899 g/mol. The Balaban J connectivity index is 1.24. The quantitative estimate of drug-likeness (QED) is 0.0333. The smallest absolute Gasteiger partial charge is 0.342 e. The summed E-state index contributed by atoms with van der Waals surface area (Å²) in [6.07, 6.45) is 3.91. The van der Waals surface area contributed by atoms with Gasteiger partial charge in [0.15, 0.2) is 18.1 Å². The van der Waals surface area contributed by atoms with Gasteiger partial charge in [-0.2, -0.15) is 0 Å². The molecule has 5 rings (SSSR count). The topological polar surface area (TPSA) is 162 Å². The van der Waals surface area contributed by atoms with Gasteiger partial charge in [-0.05, 0) is 58.9 Å². The number of Topliss-reactive ketones (excluding diaryl/α,β-unsaturated/α-hetero) is 1. The second-order valence-corrected chi connectivity index (χ2v) is 14.7. The van der Waals surface area contributed by atoms with Gasteiger partial charge >= 0.3 is 17.9 Å². The maximum atomic E-state index is 13.6. The van der Waals surface area contributed by atoms with Crippen molar-refractivity contribution >= 4 is 58.4 Å². The van der Waals surface area contributed by atoms with Crippen LogP contribution in [0.1, 0.15) is 50.2 Å². The van der Waals surface area contributed by atoms with Gasteiger partial charge in [0.25, 0.3) is 0 Å². The summed E-state index contributed by atoms with van der Waals surface area (Å²) in [6.45, 7) is -0.825. The molecule has 0 aliphatic heterocycles. The second-order valence-electron chi connectivity index (χ2n) is 13.8. The molecule has 0 heterocycles. The Bertz CT molecular complexity index is 2300. The van der Waals surface area contributed by atoms with Gasteiger partial charge in [-0.3, -0.25) is 14.4 Å². The van der Waals surface area contributed by atoms with Gasteiger partial charge < -0.3 is 38.5 Å². The Kier molecular flexibility index (Phi) is 19.0. The summed E-state index contributed by atoms with van der Waals surface area (Å²) in [7, 11) is 2.82. The van der Waals surface area contributed by atoms with E-state index in [0.717, 1.165) is 11.1 Å². The standard InChI is InChI=1S/C48H47Cl2NO12/c1-57-45-38(47(55)62-27-32-13-6-3-7-14-32)23-35(25-40(45)49)37(36-24-39(46(58-2)41(50)26-36)48(56)63-28-33-15-8-4-9-16-33)19-12-20-51-43(53)30-59-21-22-60-31-44(54)61-29-42(52)34-17-10-5-11-18-34/h3-11,13-19,23,25-26,39H,12,20-22,24,27-31H2,1-2H3,(H,51,53)/b37-19+/t39-/m0/s1. The average molecular weight is 901 g/mol. The number of halogens is 2. The number of carbonyl (C=O) groups is 5. The summed E-state index contributed by atoms with van der Waals surface area (Å²) in [6, 6.07) is 30.1. The second kappa shape index (κ2) is 25.0. The van der Waals surface area contributed by atoms with Crippen LogP contribution in [0.5, 0.6) is 5.75 Å². The minimum atomic E-state index is -0.908. The number of benzene rings is 4. The number of carbonyl (C=O) groups excluding carboxylic acids is 5. The van der Waals surface area contributed by atoms with Crippen LogP contribution in [0, 0.1) is 5.92 Å². The number of nitrogens with one attached hydrogen (secondary N) is 1. The van der Waals surface area contributed by atoms with Crippen molar-refractivity contribution in [3.63, 3.8) is 0 Å². The van der Waals surface area contributed by atoms with E-state index in [-0.39, 0.29) is 91.9 Å². The lowest BCUT2D eigenvalue weighted by Crippen LogP contribution is -2.29. The van der Waals surface area contributed by atoms with Gasteiger partial charge in [0.05, 0.1) is 37.5 Å². The predicted molar refractivity (Wildman–Crippen MR) is 235 cm³/mol. The van der Waals surface area contributed by atoms with Crippen LogP contribution in [-0.4, -0.2) is 83.4 Å². The van der Waals surface area contributed by atoms with Crippen LogP contribution >= 0.6 is 23.2 Å². The Hall–Kier alpha value is -6.25. The van der Waals surface area contributed by atoms with Crippen LogP contribution in [0.25, 0.3) is 5.57 Å². The fourth-order valence-corrected chi connectivity index (χ4v) is 7.00. The third-order valence-electron chi connectivity index (χ3n) is 9.44. The molecule has 13 nitrogen and oxygen atoms in total. The number of ether oxygens (including phenoxy) is 7. The van der Waals surface area contributed by atoms with Crippen molar-refractivity contribution < 1.29 is 57.1 Å². The molecule has 0 saturated carbocycles. The van der Waals surface area contributed by atoms with Crippen molar-refractivity contribution in [2.75, 3.05) is 53.8 Å². The molecule has 330 valence electrons. The van der Waals surface area contributed by atoms with E-state index in [1.165, 1.54) is 14.2 Å². The predicted octanol–water partition coefficient (Wildman–Crippen LogP) is 7.84. The third-order valence-corrected chi connectivity index (χ3v) is 10.0. The van der Waals surface area contributed by atoms with Crippen molar-refractivity contribution in [2.24, 2.45) is 5.92 Å². The van der Waals surface area contributed by atoms with E-state index in [9.17, 15) is 24.0 Å². The number of allylic oxidation sites excluding steroid dienone is 4. The van der Waals surface area contributed by atoms with Crippen LogP contribution < -0.4 is 10.1 Å². The van der Waals surface area contributed by atoms with Crippen LogP contribution in [0.4, 0.5) is 0 Å². The molecule has 15 heteroatoms. The van der Waals surface area contributed by atoms with Gasteiger partial charge in [-0.1, -0.05) is 120 Å². The van der Waals surface area contributed by atoms with Gasteiger partial charge in [0, 0.05) is 12.1 Å². The van der Waals surface area contributed by atoms with Crippen molar-refractivity contribution in [3.8, 4) is 5.75 Å². The number of methoxy groups -OCH3 is 2. The fraction of sp³-hybridized carbons (Fsp3) is 0.271. The zero-order valence-electron chi connectivity index (χ0n) is 34.8. The summed E-state index contributed by atoms with van der Waals surface area (Å²) in [5.74, 6) is -3.23. The van der Waals surface area contributed by atoms with E-state index in [1.54, 1.807) is 48.5 Å². The molecule has 1 aliphatic carbocycles. The highest BCUT2D eigenvalue weighted by molar-refractivity contribution is 6.33. The van der Waals surface area contributed by atoms with Gasteiger partial charge in [0.1, 0.15) is 43.7 Å². The highest BCUT2D eigenvalue weighted by atomic mass is 35.5. The molecule has 0 saturated heterocycles. The Morgan fingerprint density at radius 2 is 1.33 bits per heavy atom. The number of amides is 1. The third kappa shape index (κ3) is 14.7. The molecule has 63 heavy (non-hydrogen) atoms. The molecule has 0 bridgehead atoms. The summed E-state index contributed by atoms with van der Waals surface area (Å²) in [5, 5.41) is 3.10. The summed E-state index contributed by atoms with van der Waals surface area (Å²) >= 11 is 13.5. The highest BCUT2D eigenvalue weighted by Crippen LogP contribution is 2.42. The first-order valence-electron chi connectivity index (χ1n) is 19.9. The minimum Gasteiger partial charge on any atom is -0.499 e. The highest BCUT2D eigenvalue weighted by Gasteiger charge is 2.34. The Labute approximate surface area is 375 Å². The van der Waals surface area contributed by atoms with E-state index in [2.05, 4.69) is 5.32 Å². The zero-order valence-corrected chi connectivity index (χ0v) is 36.3. The molecule has 0 fully saturated rings. The maximum Gasteiger partial charge on any atom is 0.342 e. The maximum absolute atomic E-state index is 13.6. The lowest BCUT2D eigenvalue weighted by Gasteiger charge is -2.26. The lowest BCUT2D eigenvalue weighted by atomic mass is 9.84. The fourth-order valence-electron chi connectivity index (χ4n) is 6.36. The van der Waals surface area contributed by atoms with E-state index < -0.39 is 36.3 Å². The number of rotatable bonds is 23. The van der Waals surface area contributed by atoms with E-state index in [0.29, 0.717) is 22.3 Å². The van der Waals surface area contributed by atoms with Crippen LogP contribution in [0.2, 0.25) is 5.02 Å². The summed E-state index contributed by atoms with van der Waals surface area (Å²) < 4.78 is 38.1. The molecule has 4 aromatic rings. The van der Waals surface area contributed by atoms with Crippen molar-refractivity contribution in [3.05, 3.63) is 164 Å². The molecular weight excluding hydrogens is 853 g/mol.